The third-order valence-electron chi connectivity index (χ3n) is 3.32. The van der Waals surface area contributed by atoms with E-state index in [1.807, 2.05) is 11.3 Å². The van der Waals surface area contributed by atoms with Gasteiger partial charge in [-0.05, 0) is 30.3 Å². The molecule has 0 saturated heterocycles. The van der Waals surface area contributed by atoms with Crippen LogP contribution in [0.4, 0.5) is 0 Å². The third-order valence-corrected chi connectivity index (χ3v) is 4.36. The molecule has 1 fully saturated rings. The Labute approximate surface area is 90.3 Å². The molecule has 1 saturated carbocycles. The Morgan fingerprint density at radius 1 is 1.43 bits per heavy atom. The summed E-state index contributed by atoms with van der Waals surface area (Å²) in [6.07, 6.45) is 7.06. The van der Waals surface area contributed by atoms with Crippen LogP contribution in [-0.4, -0.2) is 6.54 Å². The molecule has 2 rings (SSSR count). The predicted octanol–water partition coefficient (Wildman–Crippen LogP) is 3.37. The van der Waals surface area contributed by atoms with Crippen molar-refractivity contribution < 1.29 is 0 Å². The second-order valence-electron chi connectivity index (χ2n) is 4.33. The van der Waals surface area contributed by atoms with Gasteiger partial charge in [0, 0.05) is 10.8 Å². The zero-order valence-electron chi connectivity index (χ0n) is 8.61. The van der Waals surface area contributed by atoms with Crippen LogP contribution in [0.2, 0.25) is 0 Å². The minimum absolute atomic E-state index is 0.623. The maximum Gasteiger partial charge on any atom is 0.00888 e. The van der Waals surface area contributed by atoms with Gasteiger partial charge >= 0.3 is 0 Å². The predicted molar refractivity (Wildman–Crippen MR) is 62.7 cm³/mol. The lowest BCUT2D eigenvalue weighted by molar-refractivity contribution is 0.451. The summed E-state index contributed by atoms with van der Waals surface area (Å²) in [5, 5.41) is 2.16. The van der Waals surface area contributed by atoms with E-state index in [-0.39, 0.29) is 0 Å². The van der Waals surface area contributed by atoms with E-state index in [1.54, 1.807) is 0 Å². The van der Waals surface area contributed by atoms with E-state index >= 15 is 0 Å². The summed E-state index contributed by atoms with van der Waals surface area (Å²) >= 11 is 1.86. The Hall–Kier alpha value is -0.340. The Kier molecular flexibility index (Phi) is 3.60. The summed E-state index contributed by atoms with van der Waals surface area (Å²) in [6, 6.07) is 4.37. The van der Waals surface area contributed by atoms with Gasteiger partial charge in [-0.15, -0.1) is 11.3 Å². The van der Waals surface area contributed by atoms with Crippen LogP contribution in [0.5, 0.6) is 0 Å². The van der Waals surface area contributed by atoms with Crippen molar-refractivity contribution in [3.05, 3.63) is 22.4 Å². The first-order valence-electron chi connectivity index (χ1n) is 5.63. The molecule has 1 aromatic heterocycles. The zero-order valence-corrected chi connectivity index (χ0v) is 9.43. The Morgan fingerprint density at radius 2 is 2.21 bits per heavy atom. The van der Waals surface area contributed by atoms with Crippen LogP contribution in [0.3, 0.4) is 0 Å². The fourth-order valence-electron chi connectivity index (χ4n) is 2.50. The molecule has 0 aliphatic heterocycles. The van der Waals surface area contributed by atoms with E-state index in [2.05, 4.69) is 17.5 Å². The molecule has 1 unspecified atom stereocenters. The van der Waals surface area contributed by atoms with Gasteiger partial charge in [0.2, 0.25) is 0 Å². The average molecular weight is 209 g/mol. The molecule has 0 radical (unpaired) electrons. The van der Waals surface area contributed by atoms with E-state index in [0.29, 0.717) is 5.92 Å². The molecule has 0 aromatic carbocycles. The number of nitrogens with two attached hydrogens (primary N) is 1. The normalized spacial score (nSPS) is 20.1. The highest BCUT2D eigenvalue weighted by molar-refractivity contribution is 7.10. The second kappa shape index (κ2) is 4.94. The van der Waals surface area contributed by atoms with Gasteiger partial charge in [-0.25, -0.2) is 0 Å². The lowest BCUT2D eigenvalue weighted by atomic mass is 9.92. The van der Waals surface area contributed by atoms with Crippen molar-refractivity contribution >= 4 is 11.3 Å². The van der Waals surface area contributed by atoms with Gasteiger partial charge < -0.3 is 5.73 Å². The summed E-state index contributed by atoms with van der Waals surface area (Å²) < 4.78 is 0. The highest BCUT2D eigenvalue weighted by Gasteiger charge is 2.20. The maximum absolute atomic E-state index is 5.85. The van der Waals surface area contributed by atoms with Gasteiger partial charge in [0.25, 0.3) is 0 Å². The summed E-state index contributed by atoms with van der Waals surface area (Å²) in [7, 11) is 0. The molecule has 0 bridgehead atoms. The molecular weight excluding hydrogens is 190 g/mol. The van der Waals surface area contributed by atoms with E-state index in [9.17, 15) is 0 Å². The summed E-state index contributed by atoms with van der Waals surface area (Å²) in [5.41, 5.74) is 5.85. The molecule has 1 aliphatic rings. The smallest absolute Gasteiger partial charge is 0.00888 e. The Morgan fingerprint density at radius 3 is 2.79 bits per heavy atom. The number of thiophene rings is 1. The van der Waals surface area contributed by atoms with Gasteiger partial charge in [-0.1, -0.05) is 31.7 Å². The van der Waals surface area contributed by atoms with Crippen LogP contribution in [0, 0.1) is 5.92 Å². The molecule has 1 nitrogen and oxygen atoms in total. The van der Waals surface area contributed by atoms with E-state index in [0.717, 1.165) is 12.5 Å². The van der Waals surface area contributed by atoms with Gasteiger partial charge in [0.05, 0.1) is 0 Å². The Bertz CT molecular complexity index is 249. The van der Waals surface area contributed by atoms with Crippen LogP contribution in [-0.2, 0) is 0 Å². The molecule has 0 amide bonds. The van der Waals surface area contributed by atoms with Gasteiger partial charge in [0.1, 0.15) is 0 Å². The molecule has 1 aromatic rings. The molecule has 14 heavy (non-hydrogen) atoms. The van der Waals surface area contributed by atoms with Crippen LogP contribution >= 0.6 is 11.3 Å². The highest BCUT2D eigenvalue weighted by Crippen LogP contribution is 2.34. The summed E-state index contributed by atoms with van der Waals surface area (Å²) in [6.45, 7) is 0.816. The van der Waals surface area contributed by atoms with E-state index in [4.69, 9.17) is 5.73 Å². The molecule has 2 heteroatoms. The lowest BCUT2D eigenvalue weighted by Gasteiger charge is -2.17. The van der Waals surface area contributed by atoms with Crippen molar-refractivity contribution in [2.24, 2.45) is 11.7 Å². The van der Waals surface area contributed by atoms with Crippen LogP contribution in [0.1, 0.15) is 42.9 Å². The molecule has 1 aliphatic carbocycles. The third kappa shape index (κ3) is 2.37. The zero-order chi connectivity index (χ0) is 9.80. The first-order chi connectivity index (χ1) is 6.90. The number of hydrogen-bond acceptors (Lipinski definition) is 2. The van der Waals surface area contributed by atoms with Crippen LogP contribution in [0.25, 0.3) is 0 Å². The van der Waals surface area contributed by atoms with Gasteiger partial charge in [-0.3, -0.25) is 0 Å². The largest absolute Gasteiger partial charge is 0.330 e. The van der Waals surface area contributed by atoms with Crippen molar-refractivity contribution in [2.45, 2.75) is 38.0 Å². The first kappa shape index (κ1) is 10.2. The summed E-state index contributed by atoms with van der Waals surface area (Å²) in [4.78, 5) is 1.49. The van der Waals surface area contributed by atoms with Crippen molar-refractivity contribution in [1.29, 1.82) is 0 Å². The summed E-state index contributed by atoms with van der Waals surface area (Å²) in [5.74, 6) is 1.57. The van der Waals surface area contributed by atoms with Crippen molar-refractivity contribution in [3.63, 3.8) is 0 Å². The number of hydrogen-bond donors (Lipinski definition) is 1. The minimum Gasteiger partial charge on any atom is -0.330 e. The highest BCUT2D eigenvalue weighted by atomic mass is 32.1. The van der Waals surface area contributed by atoms with E-state index < -0.39 is 0 Å². The molecule has 1 atom stereocenters. The fourth-order valence-corrected chi connectivity index (χ4v) is 3.36. The lowest BCUT2D eigenvalue weighted by Crippen LogP contribution is -2.14. The molecule has 78 valence electrons. The second-order valence-corrected chi connectivity index (χ2v) is 5.31. The molecular formula is C12H19NS. The molecule has 0 spiro atoms. The minimum atomic E-state index is 0.623. The van der Waals surface area contributed by atoms with Crippen LogP contribution in [0.15, 0.2) is 17.5 Å². The van der Waals surface area contributed by atoms with Crippen molar-refractivity contribution in [3.8, 4) is 0 Å². The van der Waals surface area contributed by atoms with E-state index in [1.165, 1.54) is 37.0 Å². The topological polar surface area (TPSA) is 26.0 Å². The monoisotopic (exact) mass is 209 g/mol. The number of rotatable bonds is 4. The van der Waals surface area contributed by atoms with Crippen molar-refractivity contribution in [1.82, 2.24) is 0 Å². The first-order valence-corrected chi connectivity index (χ1v) is 6.51. The standard InChI is InChI=1S/C12H19NS/c13-9-11(12-6-3-7-14-12)8-10-4-1-2-5-10/h3,6-7,10-11H,1-2,4-5,8-9,13H2. The van der Waals surface area contributed by atoms with Gasteiger partial charge in [0.15, 0.2) is 0 Å². The molecule has 1 heterocycles. The maximum atomic E-state index is 5.85. The quantitative estimate of drug-likeness (QED) is 0.808. The van der Waals surface area contributed by atoms with Crippen LogP contribution < -0.4 is 5.73 Å². The van der Waals surface area contributed by atoms with Crippen molar-refractivity contribution in [2.75, 3.05) is 6.54 Å². The average Bonchev–Trinajstić information content (AvgIpc) is 2.86. The molecule has 2 N–H and O–H groups in total. The Balaban J connectivity index is 1.93. The SMILES string of the molecule is NCC(CC1CCCC1)c1cccs1. The fraction of sp³-hybridized carbons (Fsp3) is 0.667. The van der Waals surface area contributed by atoms with Gasteiger partial charge in [-0.2, -0.15) is 0 Å².